The van der Waals surface area contributed by atoms with Gasteiger partial charge in [0.25, 0.3) is 20.0 Å². The van der Waals surface area contributed by atoms with Crippen molar-refractivity contribution >= 4 is 76.7 Å². The molecule has 0 spiro atoms. The van der Waals surface area contributed by atoms with Crippen molar-refractivity contribution in [3.8, 4) is 11.5 Å². The highest BCUT2D eigenvalue weighted by Crippen LogP contribution is 2.36. The topological polar surface area (TPSA) is 203 Å². The first-order valence-corrected chi connectivity index (χ1v) is 22.8. The number of ether oxygens (including phenoxy) is 2. The Bertz CT molecular complexity index is 2630. The van der Waals surface area contributed by atoms with Gasteiger partial charge in [-0.25, -0.2) is 16.8 Å². The van der Waals surface area contributed by atoms with Gasteiger partial charge in [-0.05, 0) is 147 Å². The molecule has 2 aliphatic carbocycles. The zero-order valence-corrected chi connectivity index (χ0v) is 35.9. The summed E-state index contributed by atoms with van der Waals surface area (Å²) >= 11 is 3.37. The van der Waals surface area contributed by atoms with Crippen LogP contribution in [0.3, 0.4) is 0 Å². The predicted molar refractivity (Wildman–Crippen MR) is 240 cm³/mol. The van der Waals surface area contributed by atoms with Gasteiger partial charge >= 0.3 is 7.12 Å². The normalized spacial score (nSPS) is 13.2. The number of sulfonamides is 2. The quantitative estimate of drug-likeness (QED) is 0.0951. The van der Waals surface area contributed by atoms with Gasteiger partial charge in [0.05, 0.1) is 25.0 Å². The summed E-state index contributed by atoms with van der Waals surface area (Å²) < 4.78 is 79.3. The van der Waals surface area contributed by atoms with E-state index >= 15 is 0 Å². The monoisotopic (exact) mass is 928 g/mol. The van der Waals surface area contributed by atoms with Crippen LogP contribution in [0.2, 0.25) is 6.32 Å². The first-order chi connectivity index (χ1) is 27.8. The maximum Gasteiger partial charge on any atom is 0.451 e. The smallest absolute Gasteiger partial charge is 0.451 e. The van der Waals surface area contributed by atoms with Crippen LogP contribution in [0.4, 0.5) is 11.6 Å². The van der Waals surface area contributed by atoms with E-state index in [1.54, 1.807) is 43.3 Å². The van der Waals surface area contributed by atoms with Gasteiger partial charge in [0.2, 0.25) is 0 Å². The van der Waals surface area contributed by atoms with Crippen LogP contribution in [0.25, 0.3) is 21.9 Å². The summed E-state index contributed by atoms with van der Waals surface area (Å²) in [5, 5.41) is 24.8. The van der Waals surface area contributed by atoms with E-state index in [2.05, 4.69) is 35.7 Å². The van der Waals surface area contributed by atoms with Crippen molar-refractivity contribution in [3.63, 3.8) is 0 Å². The van der Waals surface area contributed by atoms with Crippen molar-refractivity contribution in [1.82, 2.24) is 10.3 Å². The van der Waals surface area contributed by atoms with E-state index in [0.717, 1.165) is 90.1 Å². The molecule has 18 heteroatoms. The molecule has 14 nitrogen and oxygen atoms in total. The summed E-state index contributed by atoms with van der Waals surface area (Å²) in [4.78, 5) is 0.250. The predicted octanol–water partition coefficient (Wildman–Crippen LogP) is 9.11. The molecule has 2 aliphatic rings. The van der Waals surface area contributed by atoms with Crippen LogP contribution in [0, 0.1) is 0 Å². The molecule has 0 radical (unpaired) electrons. The highest BCUT2D eigenvalue weighted by Gasteiger charge is 2.27. The first kappa shape index (κ1) is 48.1. The Morgan fingerprint density at radius 3 is 1.47 bits per heavy atom. The molecule has 0 fully saturated rings. The number of methoxy groups -OCH3 is 2. The second-order valence-corrected chi connectivity index (χ2v) is 18.2. The molecule has 6 aromatic rings. The molecule has 4 N–H and O–H groups in total. The van der Waals surface area contributed by atoms with E-state index in [4.69, 9.17) is 28.6 Å². The van der Waals surface area contributed by atoms with E-state index < -0.39 is 27.2 Å². The number of nitrogens with one attached hydrogen (secondary N) is 2. The number of anilines is 2. The molecule has 324 valence electrons. The van der Waals surface area contributed by atoms with Crippen LogP contribution >= 0.6 is 15.9 Å². The summed E-state index contributed by atoms with van der Waals surface area (Å²) in [6, 6.07) is 18.1. The fourth-order valence-corrected chi connectivity index (χ4v) is 9.64. The van der Waals surface area contributed by atoms with Crippen molar-refractivity contribution in [2.45, 2.75) is 103 Å². The number of rotatable bonds is 10. The fraction of sp³-hybridized carbons (Fsp3) is 0.381. The molecule has 60 heavy (non-hydrogen) atoms. The Morgan fingerprint density at radius 1 is 0.667 bits per heavy atom. The molecular formula is C42H54BBrN4O10S2. The lowest BCUT2D eigenvalue weighted by molar-refractivity contribution is 0.401. The SMILES string of the molecule is C.C.CCB(O)O.CCc1ccc2onc(NS(=O)(=O)c3cc4c(cc3OC)CCCC4)c2c1.COc1cc2c(cc1S(=O)(=O)Nc1noc3ccc(Br)cc13)CCCC2. The van der Waals surface area contributed by atoms with Gasteiger partial charge in [-0.3, -0.25) is 9.44 Å². The van der Waals surface area contributed by atoms with Gasteiger partial charge < -0.3 is 28.6 Å². The second-order valence-electron chi connectivity index (χ2n) is 13.9. The number of fused-ring (bicyclic) bond motifs is 4. The summed E-state index contributed by atoms with van der Waals surface area (Å²) in [6.45, 7) is 3.74. The molecule has 0 atom stereocenters. The van der Waals surface area contributed by atoms with Crippen LogP contribution in [-0.2, 0) is 52.2 Å². The van der Waals surface area contributed by atoms with E-state index in [1.807, 2.05) is 31.2 Å². The maximum atomic E-state index is 13.1. The third-order valence-corrected chi connectivity index (χ3v) is 13.3. The molecule has 0 bridgehead atoms. The van der Waals surface area contributed by atoms with Crippen molar-refractivity contribution in [2.75, 3.05) is 23.7 Å². The molecule has 8 rings (SSSR count). The lowest BCUT2D eigenvalue weighted by atomic mass is 9.88. The van der Waals surface area contributed by atoms with E-state index in [1.165, 1.54) is 14.2 Å². The molecule has 0 amide bonds. The Kier molecular flexibility index (Phi) is 16.6. The van der Waals surface area contributed by atoms with Crippen LogP contribution < -0.4 is 18.9 Å². The first-order valence-electron chi connectivity index (χ1n) is 19.0. The number of nitrogens with zero attached hydrogens (tertiary/aromatic N) is 2. The van der Waals surface area contributed by atoms with Gasteiger partial charge in [-0.2, -0.15) is 0 Å². The standard InChI is InChI=1S/C20H22N2O4S.C18H17BrN2O4S.C2H7BO2.2CH4/c1-3-13-8-9-17-16(10-13)20(21-26-17)22-27(23,24)19-12-15-7-5-4-6-14(15)11-18(19)25-2;1-24-16-8-11-4-2-3-5-12(11)9-17(16)26(22,23)21-18-14-10-13(19)6-7-15(14)25-20-18;1-2-3(4)5;;/h8-12H,3-7H2,1-2H3,(H,21,22);6-10H,2-5H2,1H3,(H,20,21);4-5H,2H2,1H3;2*1H4. The second kappa shape index (κ2) is 20.8. The minimum atomic E-state index is -3.88. The number of hydrogen-bond acceptors (Lipinski definition) is 12. The van der Waals surface area contributed by atoms with Gasteiger partial charge in [-0.1, -0.05) is 61.0 Å². The summed E-state index contributed by atoms with van der Waals surface area (Å²) in [7, 11) is -5.89. The Balaban J connectivity index is 0.000000231. The Labute approximate surface area is 361 Å². The maximum absolute atomic E-state index is 13.1. The molecular weight excluding hydrogens is 875 g/mol. The molecule has 4 aromatic carbocycles. The molecule has 0 aliphatic heterocycles. The highest BCUT2D eigenvalue weighted by atomic mass is 79.9. The van der Waals surface area contributed by atoms with Gasteiger partial charge in [-0.15, -0.1) is 0 Å². The third-order valence-electron chi connectivity index (χ3n) is 10.0. The molecule has 0 saturated carbocycles. The van der Waals surface area contributed by atoms with E-state index in [-0.39, 0.29) is 36.3 Å². The summed E-state index contributed by atoms with van der Waals surface area (Å²) in [5.41, 5.74) is 6.58. The average molecular weight is 930 g/mol. The number of benzene rings is 4. The van der Waals surface area contributed by atoms with E-state index in [0.29, 0.717) is 39.8 Å². The van der Waals surface area contributed by atoms with Crippen LogP contribution in [0.1, 0.15) is 82.2 Å². The number of aromatic nitrogens is 2. The lowest BCUT2D eigenvalue weighted by Gasteiger charge is -2.19. The summed E-state index contributed by atoms with van der Waals surface area (Å²) in [6.07, 6.45) is 9.27. The molecule has 2 heterocycles. The summed E-state index contributed by atoms with van der Waals surface area (Å²) in [5.74, 6) is 1.04. The fourth-order valence-electron chi connectivity index (χ4n) is 6.85. The molecule has 0 unspecified atom stereocenters. The average Bonchev–Trinajstić information content (AvgIpc) is 3.81. The van der Waals surface area contributed by atoms with Crippen molar-refractivity contribution in [2.24, 2.45) is 0 Å². The van der Waals surface area contributed by atoms with Crippen LogP contribution in [-0.4, -0.2) is 58.5 Å². The van der Waals surface area contributed by atoms with Gasteiger partial charge in [0, 0.05) is 4.47 Å². The van der Waals surface area contributed by atoms with Gasteiger partial charge in [0.1, 0.15) is 21.3 Å². The van der Waals surface area contributed by atoms with Crippen molar-refractivity contribution in [3.05, 3.63) is 93.0 Å². The zero-order valence-electron chi connectivity index (χ0n) is 32.7. The van der Waals surface area contributed by atoms with Crippen LogP contribution in [0.15, 0.2) is 84.0 Å². The molecule has 0 saturated heterocycles. The minimum Gasteiger partial charge on any atom is -0.495 e. The Hall–Kier alpha value is -4.62. The largest absolute Gasteiger partial charge is 0.495 e. The van der Waals surface area contributed by atoms with Crippen molar-refractivity contribution in [1.29, 1.82) is 0 Å². The molecule has 2 aromatic heterocycles. The third kappa shape index (κ3) is 11.0. The van der Waals surface area contributed by atoms with E-state index in [9.17, 15) is 16.8 Å². The lowest BCUT2D eigenvalue weighted by Crippen LogP contribution is -2.16. The van der Waals surface area contributed by atoms with Crippen molar-refractivity contribution < 1.29 is 45.4 Å². The number of halogens is 1. The Morgan fingerprint density at radius 2 is 1.07 bits per heavy atom. The van der Waals surface area contributed by atoms with Crippen LogP contribution in [0.5, 0.6) is 11.5 Å². The van der Waals surface area contributed by atoms with Gasteiger partial charge in [0.15, 0.2) is 22.8 Å². The number of aryl methyl sites for hydroxylation is 5. The number of hydrogen-bond donors (Lipinski definition) is 4. The minimum absolute atomic E-state index is 0. The highest BCUT2D eigenvalue weighted by molar-refractivity contribution is 9.10. The zero-order chi connectivity index (χ0) is 41.6.